The third-order valence-corrected chi connectivity index (χ3v) is 4.26. The number of rotatable bonds is 5. The van der Waals surface area contributed by atoms with Crippen molar-refractivity contribution >= 4 is 22.9 Å². The van der Waals surface area contributed by atoms with E-state index in [0.29, 0.717) is 0 Å². The van der Waals surface area contributed by atoms with E-state index in [-0.39, 0.29) is 35.6 Å². The normalized spacial score (nSPS) is 11.5. The molecule has 2 aromatic rings. The largest absolute Gasteiger partial charge is 0.416 e. The number of carbonyl (C=O) groups is 1. The molecule has 130 valence electrons. The highest BCUT2D eigenvalue weighted by Crippen LogP contribution is 2.32. The van der Waals surface area contributed by atoms with Crippen LogP contribution in [0.5, 0.6) is 0 Å². The second-order valence-electron chi connectivity index (χ2n) is 5.21. The van der Waals surface area contributed by atoms with Gasteiger partial charge in [0, 0.05) is 36.3 Å². The standard InChI is InChI=1S/C15H16F3N3O2S/c1-9-8-24-14(23)21(9)3-2-13(22)20-12-5-10(7-19)4-11(6-12)15(16,17)18/h4-6,8H,2-3,7,19H2,1H3,(H,20,22). The van der Waals surface area contributed by atoms with Gasteiger partial charge in [0.05, 0.1) is 5.56 Å². The van der Waals surface area contributed by atoms with Crippen molar-refractivity contribution in [3.05, 3.63) is 50.1 Å². The van der Waals surface area contributed by atoms with Gasteiger partial charge in [-0.05, 0) is 30.7 Å². The first-order valence-electron chi connectivity index (χ1n) is 7.06. The molecule has 5 nitrogen and oxygen atoms in total. The van der Waals surface area contributed by atoms with Gasteiger partial charge in [-0.15, -0.1) is 0 Å². The molecular formula is C15H16F3N3O2S. The minimum absolute atomic E-state index is 0.0221. The zero-order chi connectivity index (χ0) is 17.9. The summed E-state index contributed by atoms with van der Waals surface area (Å²) in [5.74, 6) is -0.477. The van der Waals surface area contributed by atoms with Gasteiger partial charge in [0.15, 0.2) is 0 Å². The number of alkyl halides is 3. The fraction of sp³-hybridized carbons (Fsp3) is 0.333. The van der Waals surface area contributed by atoms with Crippen LogP contribution in [-0.2, 0) is 24.1 Å². The lowest BCUT2D eigenvalue weighted by molar-refractivity contribution is -0.137. The topological polar surface area (TPSA) is 77.1 Å². The van der Waals surface area contributed by atoms with Gasteiger partial charge in [-0.3, -0.25) is 9.59 Å². The number of hydrogen-bond donors (Lipinski definition) is 2. The summed E-state index contributed by atoms with van der Waals surface area (Å²) in [6.07, 6.45) is -4.54. The second-order valence-corrected chi connectivity index (χ2v) is 6.03. The number of thiazole rings is 1. The van der Waals surface area contributed by atoms with E-state index in [4.69, 9.17) is 5.73 Å². The van der Waals surface area contributed by atoms with Crippen LogP contribution >= 0.6 is 11.3 Å². The molecule has 1 aromatic heterocycles. The molecule has 0 aliphatic heterocycles. The van der Waals surface area contributed by atoms with Crippen LogP contribution in [0.1, 0.15) is 23.2 Å². The van der Waals surface area contributed by atoms with Gasteiger partial charge in [0.1, 0.15) is 0 Å². The van der Waals surface area contributed by atoms with E-state index < -0.39 is 17.6 Å². The molecule has 1 amide bonds. The fourth-order valence-electron chi connectivity index (χ4n) is 2.16. The summed E-state index contributed by atoms with van der Waals surface area (Å²) in [4.78, 5) is 23.3. The van der Waals surface area contributed by atoms with E-state index in [2.05, 4.69) is 5.32 Å². The van der Waals surface area contributed by atoms with Crippen LogP contribution in [0.15, 0.2) is 28.4 Å². The van der Waals surface area contributed by atoms with Crippen LogP contribution < -0.4 is 15.9 Å². The Balaban J connectivity index is 2.10. The van der Waals surface area contributed by atoms with Crippen molar-refractivity contribution in [1.82, 2.24) is 4.57 Å². The Morgan fingerprint density at radius 1 is 1.33 bits per heavy atom. The molecule has 0 atom stereocenters. The highest BCUT2D eigenvalue weighted by atomic mass is 32.1. The monoisotopic (exact) mass is 359 g/mol. The molecule has 0 unspecified atom stereocenters. The van der Waals surface area contributed by atoms with E-state index in [1.54, 1.807) is 12.3 Å². The van der Waals surface area contributed by atoms with Crippen LogP contribution in [0.3, 0.4) is 0 Å². The summed E-state index contributed by atoms with van der Waals surface area (Å²) in [6.45, 7) is 1.84. The Labute approximate surface area is 139 Å². The quantitative estimate of drug-likeness (QED) is 0.862. The van der Waals surface area contributed by atoms with Crippen LogP contribution in [0.4, 0.5) is 18.9 Å². The van der Waals surface area contributed by atoms with E-state index >= 15 is 0 Å². The number of benzene rings is 1. The Bertz CT molecular complexity index is 796. The molecule has 3 N–H and O–H groups in total. The average molecular weight is 359 g/mol. The number of hydrogen-bond acceptors (Lipinski definition) is 4. The summed E-state index contributed by atoms with van der Waals surface area (Å²) in [6, 6.07) is 3.21. The molecule has 1 aromatic carbocycles. The Kier molecular flexibility index (Phi) is 5.45. The zero-order valence-electron chi connectivity index (χ0n) is 12.8. The summed E-state index contributed by atoms with van der Waals surface area (Å²) < 4.78 is 40.0. The lowest BCUT2D eigenvalue weighted by Crippen LogP contribution is -2.20. The molecular weight excluding hydrogens is 343 g/mol. The molecule has 1 heterocycles. The lowest BCUT2D eigenvalue weighted by Gasteiger charge is -2.12. The lowest BCUT2D eigenvalue weighted by atomic mass is 10.1. The maximum absolute atomic E-state index is 12.9. The van der Waals surface area contributed by atoms with Gasteiger partial charge in [-0.25, -0.2) is 0 Å². The van der Waals surface area contributed by atoms with Crippen LogP contribution in [0, 0.1) is 6.92 Å². The van der Waals surface area contributed by atoms with Crippen molar-refractivity contribution in [3.63, 3.8) is 0 Å². The molecule has 0 fully saturated rings. The van der Waals surface area contributed by atoms with Crippen molar-refractivity contribution in [1.29, 1.82) is 0 Å². The van der Waals surface area contributed by atoms with E-state index in [1.165, 1.54) is 10.6 Å². The maximum Gasteiger partial charge on any atom is 0.416 e. The Morgan fingerprint density at radius 3 is 2.58 bits per heavy atom. The van der Waals surface area contributed by atoms with Gasteiger partial charge in [-0.2, -0.15) is 13.2 Å². The molecule has 9 heteroatoms. The van der Waals surface area contributed by atoms with Crippen molar-refractivity contribution in [3.8, 4) is 0 Å². The molecule has 0 radical (unpaired) electrons. The van der Waals surface area contributed by atoms with Crippen molar-refractivity contribution in [2.45, 2.75) is 32.6 Å². The minimum Gasteiger partial charge on any atom is -0.326 e. The summed E-state index contributed by atoms with van der Waals surface area (Å²) >= 11 is 1.03. The van der Waals surface area contributed by atoms with Crippen molar-refractivity contribution in [2.75, 3.05) is 5.32 Å². The van der Waals surface area contributed by atoms with Gasteiger partial charge < -0.3 is 15.6 Å². The van der Waals surface area contributed by atoms with Crippen molar-refractivity contribution in [2.24, 2.45) is 5.73 Å². The highest BCUT2D eigenvalue weighted by Gasteiger charge is 2.31. The number of carbonyl (C=O) groups excluding carboxylic acids is 1. The third-order valence-electron chi connectivity index (χ3n) is 3.38. The zero-order valence-corrected chi connectivity index (χ0v) is 13.6. The Hall–Kier alpha value is -2.13. The number of halogens is 3. The smallest absolute Gasteiger partial charge is 0.326 e. The molecule has 0 saturated carbocycles. The van der Waals surface area contributed by atoms with Crippen molar-refractivity contribution < 1.29 is 18.0 Å². The van der Waals surface area contributed by atoms with Crippen LogP contribution in [0.2, 0.25) is 0 Å². The average Bonchev–Trinajstić information content (AvgIpc) is 2.82. The summed E-state index contributed by atoms with van der Waals surface area (Å²) in [5, 5.41) is 4.11. The number of amides is 1. The third kappa shape index (κ3) is 4.45. The molecule has 0 saturated heterocycles. The van der Waals surface area contributed by atoms with Gasteiger partial charge in [0.25, 0.3) is 0 Å². The number of aryl methyl sites for hydroxylation is 1. The van der Waals surface area contributed by atoms with Crippen LogP contribution in [-0.4, -0.2) is 10.5 Å². The number of nitrogens with zero attached hydrogens (tertiary/aromatic N) is 1. The van der Waals surface area contributed by atoms with Crippen LogP contribution in [0.25, 0.3) is 0 Å². The fourth-order valence-corrected chi connectivity index (χ4v) is 2.92. The predicted molar refractivity (Wildman–Crippen MR) is 85.9 cm³/mol. The number of nitrogens with one attached hydrogen (secondary N) is 1. The second kappa shape index (κ2) is 7.18. The Morgan fingerprint density at radius 2 is 2.04 bits per heavy atom. The minimum atomic E-state index is -4.52. The first-order valence-corrected chi connectivity index (χ1v) is 7.94. The summed E-state index contributed by atoms with van der Waals surface area (Å²) in [7, 11) is 0. The first kappa shape index (κ1) is 18.2. The first-order chi connectivity index (χ1) is 11.2. The van der Waals surface area contributed by atoms with Gasteiger partial charge in [0.2, 0.25) is 5.91 Å². The number of anilines is 1. The molecule has 0 aliphatic carbocycles. The molecule has 0 aliphatic rings. The molecule has 0 spiro atoms. The van der Waals surface area contributed by atoms with Gasteiger partial charge in [-0.1, -0.05) is 11.3 Å². The van der Waals surface area contributed by atoms with E-state index in [9.17, 15) is 22.8 Å². The SMILES string of the molecule is Cc1csc(=O)n1CCC(=O)Nc1cc(CN)cc(C(F)(F)F)c1. The highest BCUT2D eigenvalue weighted by molar-refractivity contribution is 7.07. The summed E-state index contributed by atoms with van der Waals surface area (Å²) in [5.41, 5.74) is 5.57. The van der Waals surface area contributed by atoms with Gasteiger partial charge >= 0.3 is 11.0 Å². The molecule has 24 heavy (non-hydrogen) atoms. The van der Waals surface area contributed by atoms with E-state index in [1.807, 2.05) is 0 Å². The molecule has 0 bridgehead atoms. The van der Waals surface area contributed by atoms with E-state index in [0.717, 1.165) is 29.2 Å². The number of nitrogens with two attached hydrogens (primary N) is 1. The molecule has 2 rings (SSSR count). The maximum atomic E-state index is 12.9. The predicted octanol–water partition coefficient (Wildman–Crippen LogP) is 2.72. The number of aromatic nitrogens is 1.